The van der Waals surface area contributed by atoms with Crippen molar-refractivity contribution in [1.29, 1.82) is 5.41 Å². The Morgan fingerprint density at radius 1 is 0.895 bits per heavy atom. The van der Waals surface area contributed by atoms with Gasteiger partial charge in [0.2, 0.25) is 0 Å². The van der Waals surface area contributed by atoms with Crippen LogP contribution in [0.15, 0.2) is 66.7 Å². The predicted molar refractivity (Wildman–Crippen MR) is 76.9 cm³/mol. The number of aromatic nitrogens is 2. The van der Waals surface area contributed by atoms with E-state index in [9.17, 15) is 0 Å². The highest BCUT2D eigenvalue weighted by Crippen LogP contribution is 2.23. The first-order chi connectivity index (χ1) is 9.38. The van der Waals surface area contributed by atoms with E-state index in [1.54, 1.807) is 0 Å². The van der Waals surface area contributed by atoms with Crippen LogP contribution in [0.3, 0.4) is 0 Å². The SMILES string of the molecule is N=Cc1cc(-c2ccccc2)n(-c2ccccc2)n1. The summed E-state index contributed by atoms with van der Waals surface area (Å²) in [7, 11) is 0. The lowest BCUT2D eigenvalue weighted by Crippen LogP contribution is -1.99. The number of para-hydroxylation sites is 1. The second kappa shape index (κ2) is 4.90. The molecule has 0 aliphatic heterocycles. The molecule has 0 saturated carbocycles. The maximum absolute atomic E-state index is 7.38. The van der Waals surface area contributed by atoms with Gasteiger partial charge in [0.25, 0.3) is 0 Å². The van der Waals surface area contributed by atoms with Crippen LogP contribution >= 0.6 is 0 Å². The molecule has 19 heavy (non-hydrogen) atoms. The van der Waals surface area contributed by atoms with E-state index in [1.807, 2.05) is 71.4 Å². The summed E-state index contributed by atoms with van der Waals surface area (Å²) in [5.41, 5.74) is 3.73. The number of hydrogen-bond acceptors (Lipinski definition) is 2. The summed E-state index contributed by atoms with van der Waals surface area (Å²) in [5, 5.41) is 11.8. The van der Waals surface area contributed by atoms with E-state index >= 15 is 0 Å². The van der Waals surface area contributed by atoms with Crippen LogP contribution in [0.4, 0.5) is 0 Å². The maximum atomic E-state index is 7.38. The molecule has 3 nitrogen and oxygen atoms in total. The van der Waals surface area contributed by atoms with Crippen LogP contribution in [0.2, 0.25) is 0 Å². The Hall–Kier alpha value is -2.68. The summed E-state index contributed by atoms with van der Waals surface area (Å²) in [5.74, 6) is 0. The van der Waals surface area contributed by atoms with Crippen LogP contribution in [0.5, 0.6) is 0 Å². The van der Waals surface area contributed by atoms with Crippen LogP contribution in [0.25, 0.3) is 16.9 Å². The minimum atomic E-state index is 0.655. The normalized spacial score (nSPS) is 10.3. The second-order valence-electron chi connectivity index (χ2n) is 4.21. The topological polar surface area (TPSA) is 41.7 Å². The fourth-order valence-electron chi connectivity index (χ4n) is 2.05. The van der Waals surface area contributed by atoms with Crippen LogP contribution in [-0.2, 0) is 0 Å². The summed E-state index contributed by atoms with van der Waals surface area (Å²) in [6, 6.07) is 22.0. The maximum Gasteiger partial charge on any atom is 0.104 e. The molecule has 0 aliphatic rings. The summed E-state index contributed by atoms with van der Waals surface area (Å²) in [6.07, 6.45) is 1.27. The highest BCUT2D eigenvalue weighted by molar-refractivity contribution is 5.78. The zero-order chi connectivity index (χ0) is 13.1. The Labute approximate surface area is 111 Å². The molecule has 0 fully saturated rings. The Balaban J connectivity index is 2.19. The minimum absolute atomic E-state index is 0.655. The van der Waals surface area contributed by atoms with Crippen molar-refractivity contribution >= 4 is 6.21 Å². The molecule has 0 aliphatic carbocycles. The Morgan fingerprint density at radius 3 is 2.16 bits per heavy atom. The van der Waals surface area contributed by atoms with Crippen LogP contribution in [0.1, 0.15) is 5.69 Å². The zero-order valence-electron chi connectivity index (χ0n) is 10.3. The molecule has 3 aromatic rings. The fraction of sp³-hybridized carbons (Fsp3) is 0. The highest BCUT2D eigenvalue weighted by atomic mass is 15.3. The van der Waals surface area contributed by atoms with Crippen molar-refractivity contribution in [1.82, 2.24) is 9.78 Å². The molecule has 0 atom stereocenters. The van der Waals surface area contributed by atoms with E-state index in [0.717, 1.165) is 16.9 Å². The molecule has 1 heterocycles. The first-order valence-corrected chi connectivity index (χ1v) is 6.10. The van der Waals surface area contributed by atoms with Gasteiger partial charge in [-0.2, -0.15) is 5.10 Å². The molecular weight excluding hydrogens is 234 g/mol. The van der Waals surface area contributed by atoms with Gasteiger partial charge in [-0.25, -0.2) is 4.68 Å². The lowest BCUT2D eigenvalue weighted by Gasteiger charge is -2.07. The third-order valence-corrected chi connectivity index (χ3v) is 2.95. The summed E-state index contributed by atoms with van der Waals surface area (Å²) in [4.78, 5) is 0. The molecule has 2 aromatic carbocycles. The van der Waals surface area contributed by atoms with E-state index in [4.69, 9.17) is 5.41 Å². The van der Waals surface area contributed by atoms with Gasteiger partial charge in [0.1, 0.15) is 5.69 Å². The highest BCUT2D eigenvalue weighted by Gasteiger charge is 2.09. The molecule has 1 N–H and O–H groups in total. The van der Waals surface area contributed by atoms with Gasteiger partial charge in [0, 0.05) is 11.8 Å². The number of nitrogens with zero attached hydrogens (tertiary/aromatic N) is 2. The standard InChI is InChI=1S/C16H13N3/c17-12-14-11-16(13-7-3-1-4-8-13)19(18-14)15-9-5-2-6-10-15/h1-12,17H. The van der Waals surface area contributed by atoms with Crippen LogP contribution < -0.4 is 0 Å². The van der Waals surface area contributed by atoms with E-state index < -0.39 is 0 Å². The smallest absolute Gasteiger partial charge is 0.104 e. The first kappa shape index (κ1) is 11.4. The Kier molecular flexibility index (Phi) is 2.94. The van der Waals surface area contributed by atoms with Crippen molar-refractivity contribution in [3.8, 4) is 16.9 Å². The van der Waals surface area contributed by atoms with Crippen LogP contribution in [0, 0.1) is 5.41 Å². The van der Waals surface area contributed by atoms with Crippen molar-refractivity contribution in [2.45, 2.75) is 0 Å². The van der Waals surface area contributed by atoms with Gasteiger partial charge in [0.15, 0.2) is 0 Å². The molecule has 0 saturated heterocycles. The summed E-state index contributed by atoms with van der Waals surface area (Å²) >= 11 is 0. The van der Waals surface area contributed by atoms with Crippen molar-refractivity contribution in [3.63, 3.8) is 0 Å². The van der Waals surface area contributed by atoms with Crippen molar-refractivity contribution in [2.24, 2.45) is 0 Å². The fourth-order valence-corrected chi connectivity index (χ4v) is 2.05. The van der Waals surface area contributed by atoms with E-state index in [1.165, 1.54) is 6.21 Å². The van der Waals surface area contributed by atoms with Gasteiger partial charge in [0.05, 0.1) is 11.4 Å². The van der Waals surface area contributed by atoms with Crippen molar-refractivity contribution < 1.29 is 0 Å². The minimum Gasteiger partial charge on any atom is -0.306 e. The quantitative estimate of drug-likeness (QED) is 0.707. The lowest BCUT2D eigenvalue weighted by molar-refractivity contribution is 0.884. The number of hydrogen-bond donors (Lipinski definition) is 1. The predicted octanol–water partition coefficient (Wildman–Crippen LogP) is 3.54. The largest absolute Gasteiger partial charge is 0.306 e. The Bertz CT molecular complexity index is 628. The van der Waals surface area contributed by atoms with Gasteiger partial charge in [-0.1, -0.05) is 48.5 Å². The average molecular weight is 247 g/mol. The third-order valence-electron chi connectivity index (χ3n) is 2.95. The average Bonchev–Trinajstić information content (AvgIpc) is 2.93. The van der Waals surface area contributed by atoms with Crippen LogP contribution in [-0.4, -0.2) is 16.0 Å². The molecular formula is C16H13N3. The first-order valence-electron chi connectivity index (χ1n) is 6.10. The molecule has 0 amide bonds. The Morgan fingerprint density at radius 2 is 1.53 bits per heavy atom. The van der Waals surface area contributed by atoms with E-state index in [2.05, 4.69) is 5.10 Å². The lowest BCUT2D eigenvalue weighted by atomic mass is 10.1. The molecule has 1 aromatic heterocycles. The third kappa shape index (κ3) is 2.18. The van der Waals surface area contributed by atoms with E-state index in [-0.39, 0.29) is 0 Å². The molecule has 3 heteroatoms. The van der Waals surface area contributed by atoms with Gasteiger partial charge >= 0.3 is 0 Å². The number of nitrogens with one attached hydrogen (secondary N) is 1. The molecule has 0 radical (unpaired) electrons. The monoisotopic (exact) mass is 247 g/mol. The van der Waals surface area contributed by atoms with Gasteiger partial charge < -0.3 is 5.41 Å². The van der Waals surface area contributed by atoms with Gasteiger partial charge in [-0.3, -0.25) is 0 Å². The van der Waals surface area contributed by atoms with Crippen molar-refractivity contribution in [2.75, 3.05) is 0 Å². The van der Waals surface area contributed by atoms with E-state index in [0.29, 0.717) is 5.69 Å². The summed E-state index contributed by atoms with van der Waals surface area (Å²) in [6.45, 7) is 0. The second-order valence-corrected chi connectivity index (χ2v) is 4.21. The molecule has 3 rings (SSSR count). The van der Waals surface area contributed by atoms with Gasteiger partial charge in [-0.15, -0.1) is 0 Å². The van der Waals surface area contributed by atoms with Gasteiger partial charge in [-0.05, 0) is 18.2 Å². The number of rotatable bonds is 3. The zero-order valence-corrected chi connectivity index (χ0v) is 10.3. The number of benzene rings is 2. The van der Waals surface area contributed by atoms with Crippen molar-refractivity contribution in [3.05, 3.63) is 72.4 Å². The molecule has 0 unspecified atom stereocenters. The molecule has 0 bridgehead atoms. The molecule has 0 spiro atoms. The molecule has 92 valence electrons. The summed E-state index contributed by atoms with van der Waals surface area (Å²) < 4.78 is 1.87.